The predicted octanol–water partition coefficient (Wildman–Crippen LogP) is 4.08. The highest BCUT2D eigenvalue weighted by Crippen LogP contribution is 2.44. The first-order chi connectivity index (χ1) is 14.1. The zero-order valence-corrected chi connectivity index (χ0v) is 16.2. The molecule has 0 amide bonds. The van der Waals surface area contributed by atoms with Crippen molar-refractivity contribution in [1.29, 1.82) is 0 Å². The van der Waals surface area contributed by atoms with Gasteiger partial charge in [-0.25, -0.2) is 4.39 Å². The second-order valence-corrected chi connectivity index (χ2v) is 7.79. The first kappa shape index (κ1) is 18.3. The Balaban J connectivity index is 1.45. The molecule has 3 aliphatic heterocycles. The van der Waals surface area contributed by atoms with E-state index in [1.165, 1.54) is 12.1 Å². The van der Waals surface area contributed by atoms with Crippen LogP contribution in [0.5, 0.6) is 11.5 Å². The standard InChI is InChI=1S/C23H22FNO4/c1-14-9-19-18(12-25(13-28-19)11-17-3-2-8-27-17)23-21(14)22(26)20(29-23)10-15-4-6-16(24)7-5-15/h4-7,9-10,17H,2-3,8,11-13H2,1H3/b20-10-. The van der Waals surface area contributed by atoms with Crippen LogP contribution in [-0.2, 0) is 11.3 Å². The normalized spacial score (nSPS) is 22.3. The van der Waals surface area contributed by atoms with Crippen molar-refractivity contribution in [3.05, 3.63) is 64.2 Å². The molecule has 5 nitrogen and oxygen atoms in total. The molecule has 0 spiro atoms. The highest BCUT2D eigenvalue weighted by Gasteiger charge is 2.36. The maximum atomic E-state index is 13.2. The van der Waals surface area contributed by atoms with Gasteiger partial charge in [0.25, 0.3) is 0 Å². The molecule has 2 aromatic rings. The first-order valence-corrected chi connectivity index (χ1v) is 9.91. The second kappa shape index (κ2) is 7.28. The third-order valence-corrected chi connectivity index (χ3v) is 5.64. The maximum Gasteiger partial charge on any atom is 0.232 e. The number of hydrogen-bond acceptors (Lipinski definition) is 5. The maximum absolute atomic E-state index is 13.2. The summed E-state index contributed by atoms with van der Waals surface area (Å²) in [4.78, 5) is 15.2. The van der Waals surface area contributed by atoms with Gasteiger partial charge in [0.15, 0.2) is 5.76 Å². The highest BCUT2D eigenvalue weighted by atomic mass is 19.1. The number of allylic oxidation sites excluding steroid dienone is 1. The molecule has 1 unspecified atom stereocenters. The van der Waals surface area contributed by atoms with Crippen molar-refractivity contribution in [3.63, 3.8) is 0 Å². The van der Waals surface area contributed by atoms with E-state index in [1.807, 2.05) is 13.0 Å². The number of benzene rings is 2. The van der Waals surface area contributed by atoms with Crippen molar-refractivity contribution in [2.24, 2.45) is 0 Å². The summed E-state index contributed by atoms with van der Waals surface area (Å²) in [7, 11) is 0. The predicted molar refractivity (Wildman–Crippen MR) is 105 cm³/mol. The monoisotopic (exact) mass is 395 g/mol. The van der Waals surface area contributed by atoms with Gasteiger partial charge in [-0.2, -0.15) is 0 Å². The zero-order valence-electron chi connectivity index (χ0n) is 16.2. The van der Waals surface area contributed by atoms with Crippen molar-refractivity contribution in [2.75, 3.05) is 19.9 Å². The molecule has 0 aromatic heterocycles. The molecule has 1 atom stereocenters. The Labute approximate surface area is 168 Å². The Morgan fingerprint density at radius 2 is 2.10 bits per heavy atom. The lowest BCUT2D eigenvalue weighted by Crippen LogP contribution is -2.37. The van der Waals surface area contributed by atoms with E-state index in [4.69, 9.17) is 14.2 Å². The van der Waals surface area contributed by atoms with Gasteiger partial charge in [-0.15, -0.1) is 0 Å². The van der Waals surface area contributed by atoms with Crippen LogP contribution in [0.4, 0.5) is 4.39 Å². The van der Waals surface area contributed by atoms with Gasteiger partial charge in [0, 0.05) is 19.7 Å². The summed E-state index contributed by atoms with van der Waals surface area (Å²) in [5, 5.41) is 0. The molecule has 29 heavy (non-hydrogen) atoms. The molecule has 3 heterocycles. The van der Waals surface area contributed by atoms with E-state index in [9.17, 15) is 9.18 Å². The van der Waals surface area contributed by atoms with Crippen molar-refractivity contribution in [1.82, 2.24) is 4.90 Å². The van der Waals surface area contributed by atoms with Crippen LogP contribution in [0.1, 0.15) is 39.9 Å². The molecule has 0 radical (unpaired) electrons. The van der Waals surface area contributed by atoms with Crippen LogP contribution in [0.2, 0.25) is 0 Å². The van der Waals surface area contributed by atoms with E-state index >= 15 is 0 Å². The summed E-state index contributed by atoms with van der Waals surface area (Å²) in [5.74, 6) is 1.12. The number of ether oxygens (including phenoxy) is 3. The van der Waals surface area contributed by atoms with E-state index in [2.05, 4.69) is 4.90 Å². The van der Waals surface area contributed by atoms with Crippen LogP contribution < -0.4 is 9.47 Å². The number of ketones is 1. The number of carbonyl (C=O) groups is 1. The van der Waals surface area contributed by atoms with Gasteiger partial charge >= 0.3 is 0 Å². The van der Waals surface area contributed by atoms with Crippen LogP contribution in [0.25, 0.3) is 6.08 Å². The molecule has 3 aliphatic rings. The quantitative estimate of drug-likeness (QED) is 0.733. The molecule has 0 bridgehead atoms. The van der Waals surface area contributed by atoms with Gasteiger partial charge in [0.1, 0.15) is 24.0 Å². The molecule has 0 N–H and O–H groups in total. The molecule has 2 aromatic carbocycles. The summed E-state index contributed by atoms with van der Waals surface area (Å²) < 4.78 is 30.9. The van der Waals surface area contributed by atoms with Crippen LogP contribution in [0, 0.1) is 12.7 Å². The van der Waals surface area contributed by atoms with Crippen LogP contribution in [0.3, 0.4) is 0 Å². The fourth-order valence-corrected chi connectivity index (χ4v) is 4.18. The van der Waals surface area contributed by atoms with Crippen LogP contribution >= 0.6 is 0 Å². The number of nitrogens with zero attached hydrogens (tertiary/aromatic N) is 1. The lowest BCUT2D eigenvalue weighted by atomic mass is 9.98. The minimum absolute atomic E-state index is 0.152. The van der Waals surface area contributed by atoms with Crippen molar-refractivity contribution in [2.45, 2.75) is 32.4 Å². The van der Waals surface area contributed by atoms with E-state index in [1.54, 1.807) is 18.2 Å². The minimum atomic E-state index is -0.317. The van der Waals surface area contributed by atoms with E-state index in [0.29, 0.717) is 30.2 Å². The zero-order chi connectivity index (χ0) is 20.0. The van der Waals surface area contributed by atoms with E-state index < -0.39 is 0 Å². The Kier molecular flexibility index (Phi) is 4.60. The topological polar surface area (TPSA) is 48.0 Å². The third-order valence-electron chi connectivity index (χ3n) is 5.64. The number of aryl methyl sites for hydroxylation is 1. The first-order valence-electron chi connectivity index (χ1n) is 9.91. The number of hydrogen-bond donors (Lipinski definition) is 0. The molecular formula is C23H22FNO4. The summed E-state index contributed by atoms with van der Waals surface area (Å²) in [6, 6.07) is 7.89. The molecule has 0 saturated carbocycles. The summed E-state index contributed by atoms with van der Waals surface area (Å²) in [5.41, 5.74) is 3.02. The lowest BCUT2D eigenvalue weighted by Gasteiger charge is -2.31. The molecule has 1 saturated heterocycles. The van der Waals surface area contributed by atoms with Gasteiger partial charge in [-0.3, -0.25) is 9.69 Å². The Morgan fingerprint density at radius 1 is 1.28 bits per heavy atom. The fraction of sp³-hybridized carbons (Fsp3) is 0.348. The molecule has 0 aliphatic carbocycles. The third kappa shape index (κ3) is 3.43. The smallest absolute Gasteiger partial charge is 0.232 e. The van der Waals surface area contributed by atoms with Gasteiger partial charge in [-0.1, -0.05) is 12.1 Å². The molecule has 150 valence electrons. The minimum Gasteiger partial charge on any atom is -0.478 e. The van der Waals surface area contributed by atoms with Gasteiger partial charge in [-0.05, 0) is 55.2 Å². The van der Waals surface area contributed by atoms with Crippen molar-refractivity contribution >= 4 is 11.9 Å². The lowest BCUT2D eigenvalue weighted by molar-refractivity contribution is 0.0273. The summed E-state index contributed by atoms with van der Waals surface area (Å²) >= 11 is 0. The fourth-order valence-electron chi connectivity index (χ4n) is 4.18. The number of rotatable bonds is 3. The number of Topliss-reactive ketones (excluding diaryl/α,β-unsaturated/α-hetero) is 1. The Morgan fingerprint density at radius 3 is 2.86 bits per heavy atom. The van der Waals surface area contributed by atoms with Crippen molar-refractivity contribution < 1.29 is 23.4 Å². The largest absolute Gasteiger partial charge is 0.478 e. The average Bonchev–Trinajstić information content (AvgIpc) is 3.33. The SMILES string of the molecule is Cc1cc2c(c3c1C(=O)/C(=C/c1ccc(F)cc1)O3)CN(CC1CCCO1)CO2. The Bertz CT molecular complexity index is 993. The van der Waals surface area contributed by atoms with Crippen LogP contribution in [0.15, 0.2) is 36.1 Å². The van der Waals surface area contributed by atoms with E-state index in [0.717, 1.165) is 42.9 Å². The second-order valence-electron chi connectivity index (χ2n) is 7.79. The number of carbonyl (C=O) groups excluding carboxylic acids is 1. The summed E-state index contributed by atoms with van der Waals surface area (Å²) in [6.07, 6.45) is 4.05. The molecular weight excluding hydrogens is 373 g/mol. The Hall–Kier alpha value is -2.70. The van der Waals surface area contributed by atoms with E-state index in [-0.39, 0.29) is 23.5 Å². The number of halogens is 1. The molecule has 5 rings (SSSR count). The average molecular weight is 395 g/mol. The highest BCUT2D eigenvalue weighted by molar-refractivity contribution is 6.15. The molecule has 6 heteroatoms. The van der Waals surface area contributed by atoms with Gasteiger partial charge in [0.2, 0.25) is 5.78 Å². The van der Waals surface area contributed by atoms with Crippen molar-refractivity contribution in [3.8, 4) is 11.5 Å². The van der Waals surface area contributed by atoms with Gasteiger partial charge < -0.3 is 14.2 Å². The van der Waals surface area contributed by atoms with Gasteiger partial charge in [0.05, 0.1) is 17.2 Å². The molecule has 1 fully saturated rings. The van der Waals surface area contributed by atoms with Crippen LogP contribution in [-0.4, -0.2) is 36.7 Å². The number of fused-ring (bicyclic) bond motifs is 3. The summed E-state index contributed by atoms with van der Waals surface area (Å²) in [6.45, 7) is 4.66.